The smallest absolute Gasteiger partial charge is 0.101 e. The minimum absolute atomic E-state index is 0.655. The number of rotatable bonds is 3. The number of amidine groups is 1. The molecule has 0 unspecified atom stereocenters. The first-order valence-corrected chi connectivity index (χ1v) is 6.27. The van der Waals surface area contributed by atoms with Crippen molar-refractivity contribution in [2.24, 2.45) is 4.99 Å². The third-order valence-electron chi connectivity index (χ3n) is 2.90. The van der Waals surface area contributed by atoms with Crippen LogP contribution in [0.15, 0.2) is 29.3 Å². The lowest BCUT2D eigenvalue weighted by Gasteiger charge is -2.09. The van der Waals surface area contributed by atoms with Gasteiger partial charge in [-0.15, -0.1) is 0 Å². The Bertz CT molecular complexity index is 388. The highest BCUT2D eigenvalue weighted by molar-refractivity contribution is 5.95. The van der Waals surface area contributed by atoms with Gasteiger partial charge in [-0.3, -0.25) is 4.99 Å². The number of hydrogen-bond acceptors (Lipinski definition) is 3. The largest absolute Gasteiger partial charge is 0.380 e. The third-order valence-corrected chi connectivity index (χ3v) is 2.90. The summed E-state index contributed by atoms with van der Waals surface area (Å²) in [6.07, 6.45) is 4.81. The average Bonchev–Trinajstić information content (AvgIpc) is 2.59. The van der Waals surface area contributed by atoms with E-state index in [4.69, 9.17) is 4.74 Å². The molecule has 0 amide bonds. The molecule has 1 N–H and O–H groups in total. The van der Waals surface area contributed by atoms with Crippen LogP contribution in [0, 0.1) is 0 Å². The molecule has 0 bridgehead atoms. The summed E-state index contributed by atoms with van der Waals surface area (Å²) in [6.45, 7) is 1.61. The maximum absolute atomic E-state index is 5.13. The number of anilines is 1. The first-order valence-electron chi connectivity index (χ1n) is 6.27. The summed E-state index contributed by atoms with van der Waals surface area (Å²) in [5.74, 6) is 1.12. The van der Waals surface area contributed by atoms with Crippen LogP contribution in [0.5, 0.6) is 0 Å². The predicted molar refractivity (Wildman–Crippen MR) is 71.5 cm³/mol. The lowest BCUT2D eigenvalue weighted by atomic mass is 10.2. The molecule has 2 rings (SSSR count). The minimum atomic E-state index is 0.655. The summed E-state index contributed by atoms with van der Waals surface area (Å²) in [4.78, 5) is 4.57. The number of ether oxygens (including phenoxy) is 1. The van der Waals surface area contributed by atoms with Gasteiger partial charge in [0, 0.05) is 25.8 Å². The van der Waals surface area contributed by atoms with E-state index in [1.54, 1.807) is 7.11 Å². The van der Waals surface area contributed by atoms with Crippen LogP contribution in [0.1, 0.15) is 31.2 Å². The van der Waals surface area contributed by atoms with Crippen molar-refractivity contribution in [3.05, 3.63) is 29.8 Å². The molecule has 0 spiro atoms. The van der Waals surface area contributed by atoms with Gasteiger partial charge >= 0.3 is 0 Å². The Morgan fingerprint density at radius 2 is 2.24 bits per heavy atom. The van der Waals surface area contributed by atoms with Gasteiger partial charge < -0.3 is 10.1 Å². The Morgan fingerprint density at radius 3 is 3.12 bits per heavy atom. The zero-order valence-corrected chi connectivity index (χ0v) is 10.4. The standard InChI is InChI=1S/C14H20N2O/c1-17-11-12-6-5-7-13(10-12)16-14-8-3-2-4-9-15-14/h5-7,10H,2-4,8-9,11H2,1H3,(H,15,16). The molecule has 0 saturated carbocycles. The summed E-state index contributed by atoms with van der Waals surface area (Å²) in [6, 6.07) is 8.32. The fourth-order valence-electron chi connectivity index (χ4n) is 2.05. The van der Waals surface area contributed by atoms with Crippen LogP contribution < -0.4 is 5.32 Å². The molecule has 0 fully saturated rings. The van der Waals surface area contributed by atoms with Crippen molar-refractivity contribution in [3.63, 3.8) is 0 Å². The molecule has 17 heavy (non-hydrogen) atoms. The minimum Gasteiger partial charge on any atom is -0.380 e. The van der Waals surface area contributed by atoms with Crippen LogP contribution in [0.3, 0.4) is 0 Å². The number of nitrogens with zero attached hydrogens (tertiary/aromatic N) is 1. The maximum Gasteiger partial charge on any atom is 0.101 e. The zero-order chi connectivity index (χ0) is 11.9. The topological polar surface area (TPSA) is 33.6 Å². The van der Waals surface area contributed by atoms with Crippen LogP contribution in [-0.2, 0) is 11.3 Å². The molecule has 0 aromatic heterocycles. The molecule has 3 nitrogen and oxygen atoms in total. The number of methoxy groups -OCH3 is 1. The van der Waals surface area contributed by atoms with E-state index in [1.165, 1.54) is 24.8 Å². The molecule has 0 saturated heterocycles. The second kappa shape index (κ2) is 6.40. The van der Waals surface area contributed by atoms with Crippen LogP contribution in [0.2, 0.25) is 0 Å². The molecular weight excluding hydrogens is 212 g/mol. The van der Waals surface area contributed by atoms with Gasteiger partial charge in [-0.25, -0.2) is 0 Å². The number of hydrogen-bond donors (Lipinski definition) is 1. The molecular formula is C14H20N2O. The van der Waals surface area contributed by atoms with Gasteiger partial charge in [0.2, 0.25) is 0 Å². The number of benzene rings is 1. The van der Waals surface area contributed by atoms with Crippen molar-refractivity contribution < 1.29 is 4.74 Å². The van der Waals surface area contributed by atoms with E-state index in [2.05, 4.69) is 28.5 Å². The third kappa shape index (κ3) is 3.86. The Labute approximate surface area is 103 Å². The second-order valence-electron chi connectivity index (χ2n) is 4.40. The Hall–Kier alpha value is -1.35. The first kappa shape index (κ1) is 12.1. The molecule has 0 aliphatic carbocycles. The van der Waals surface area contributed by atoms with E-state index in [1.807, 2.05) is 6.07 Å². The van der Waals surface area contributed by atoms with Gasteiger partial charge in [-0.2, -0.15) is 0 Å². The zero-order valence-electron chi connectivity index (χ0n) is 10.4. The molecule has 1 heterocycles. The van der Waals surface area contributed by atoms with Crippen molar-refractivity contribution >= 4 is 11.5 Å². The summed E-state index contributed by atoms with van der Waals surface area (Å²) >= 11 is 0. The molecule has 92 valence electrons. The van der Waals surface area contributed by atoms with Crippen molar-refractivity contribution in [2.45, 2.75) is 32.3 Å². The second-order valence-corrected chi connectivity index (χ2v) is 4.40. The number of nitrogens with one attached hydrogen (secondary N) is 1. The van der Waals surface area contributed by atoms with Gasteiger partial charge in [0.15, 0.2) is 0 Å². The maximum atomic E-state index is 5.13. The Balaban J connectivity index is 2.01. The van der Waals surface area contributed by atoms with Gasteiger partial charge in [0.05, 0.1) is 6.61 Å². The highest BCUT2D eigenvalue weighted by atomic mass is 16.5. The summed E-state index contributed by atoms with van der Waals surface area (Å²) < 4.78 is 5.13. The lowest BCUT2D eigenvalue weighted by Crippen LogP contribution is -2.11. The quantitative estimate of drug-likeness (QED) is 0.868. The van der Waals surface area contributed by atoms with Crippen molar-refractivity contribution in [2.75, 3.05) is 19.0 Å². The molecule has 0 atom stereocenters. The van der Waals surface area contributed by atoms with Crippen molar-refractivity contribution in [1.82, 2.24) is 0 Å². The Morgan fingerprint density at radius 1 is 1.29 bits per heavy atom. The van der Waals surface area contributed by atoms with Crippen LogP contribution in [0.25, 0.3) is 0 Å². The van der Waals surface area contributed by atoms with Crippen LogP contribution in [-0.4, -0.2) is 19.5 Å². The molecule has 3 heteroatoms. The molecule has 1 aromatic rings. The normalized spacial score (nSPS) is 16.2. The average molecular weight is 232 g/mol. The molecule has 1 aromatic carbocycles. The monoisotopic (exact) mass is 232 g/mol. The SMILES string of the molecule is COCc1cccc(NC2=NCCCCC2)c1. The fourth-order valence-corrected chi connectivity index (χ4v) is 2.05. The van der Waals surface area contributed by atoms with E-state index >= 15 is 0 Å². The van der Waals surface area contributed by atoms with E-state index in [-0.39, 0.29) is 0 Å². The fraction of sp³-hybridized carbons (Fsp3) is 0.500. The first-order chi connectivity index (χ1) is 8.38. The van der Waals surface area contributed by atoms with Gasteiger partial charge in [-0.05, 0) is 30.5 Å². The summed E-state index contributed by atoms with van der Waals surface area (Å²) in [5, 5.41) is 3.41. The van der Waals surface area contributed by atoms with Gasteiger partial charge in [0.1, 0.15) is 5.84 Å². The highest BCUT2D eigenvalue weighted by Crippen LogP contribution is 2.14. The highest BCUT2D eigenvalue weighted by Gasteiger charge is 2.04. The Kier molecular flexibility index (Phi) is 4.56. The van der Waals surface area contributed by atoms with E-state index < -0.39 is 0 Å². The number of aliphatic imine (C=N–C) groups is 1. The van der Waals surface area contributed by atoms with Crippen molar-refractivity contribution in [3.8, 4) is 0 Å². The van der Waals surface area contributed by atoms with Crippen LogP contribution >= 0.6 is 0 Å². The predicted octanol–water partition coefficient (Wildman–Crippen LogP) is 3.22. The van der Waals surface area contributed by atoms with E-state index in [9.17, 15) is 0 Å². The van der Waals surface area contributed by atoms with Gasteiger partial charge in [-0.1, -0.05) is 18.6 Å². The van der Waals surface area contributed by atoms with E-state index in [0.717, 1.165) is 24.5 Å². The lowest BCUT2D eigenvalue weighted by molar-refractivity contribution is 0.185. The molecule has 0 radical (unpaired) electrons. The van der Waals surface area contributed by atoms with Gasteiger partial charge in [0.25, 0.3) is 0 Å². The summed E-state index contributed by atoms with van der Waals surface area (Å²) in [7, 11) is 1.72. The molecule has 1 aliphatic heterocycles. The van der Waals surface area contributed by atoms with E-state index in [0.29, 0.717) is 6.61 Å². The summed E-state index contributed by atoms with van der Waals surface area (Å²) in [5.41, 5.74) is 2.30. The van der Waals surface area contributed by atoms with Crippen LogP contribution in [0.4, 0.5) is 5.69 Å². The van der Waals surface area contributed by atoms with Crippen molar-refractivity contribution in [1.29, 1.82) is 0 Å². The molecule has 1 aliphatic rings.